The molecule has 0 aliphatic carbocycles. The van der Waals surface area contributed by atoms with Gasteiger partial charge in [0.05, 0.1) is 42.7 Å². The Morgan fingerprint density at radius 3 is 2.45 bits per heavy atom. The molecule has 216 valence electrons. The van der Waals surface area contributed by atoms with Gasteiger partial charge in [0.2, 0.25) is 0 Å². The third-order valence-electron chi connectivity index (χ3n) is 6.60. The lowest BCUT2D eigenvalue weighted by molar-refractivity contribution is -0.139. The van der Waals surface area contributed by atoms with E-state index in [0.29, 0.717) is 38.0 Å². The Labute approximate surface area is 278 Å². The van der Waals surface area contributed by atoms with Gasteiger partial charge < -0.3 is 14.2 Å². The molecule has 11 heteroatoms. The second-order valence-electron chi connectivity index (χ2n) is 9.27. The first kappa shape index (κ1) is 30.8. The number of rotatable bonds is 8. The van der Waals surface area contributed by atoms with Crippen molar-refractivity contribution in [2.75, 3.05) is 13.7 Å². The lowest BCUT2D eigenvalue weighted by Crippen LogP contribution is -2.39. The molecule has 42 heavy (non-hydrogen) atoms. The molecule has 3 aromatic carbocycles. The Balaban J connectivity index is 1.56. The maximum absolute atomic E-state index is 13.9. The Hall–Kier alpha value is -2.68. The van der Waals surface area contributed by atoms with Crippen LogP contribution in [0.25, 0.3) is 6.08 Å². The third-order valence-corrected chi connectivity index (χ3v) is 9.55. The first-order valence-corrected chi connectivity index (χ1v) is 16.3. The van der Waals surface area contributed by atoms with Crippen molar-refractivity contribution in [3.05, 3.63) is 120 Å². The number of hydrogen-bond donors (Lipinski definition) is 0. The highest BCUT2D eigenvalue weighted by molar-refractivity contribution is 14.1. The smallest absolute Gasteiger partial charge is 0.338 e. The first-order chi connectivity index (χ1) is 20.2. The molecule has 0 saturated heterocycles. The van der Waals surface area contributed by atoms with Gasteiger partial charge in [0.1, 0.15) is 18.1 Å². The number of ether oxygens (including phenoxy) is 3. The monoisotopic (exact) mass is 826 g/mol. The van der Waals surface area contributed by atoms with Gasteiger partial charge in [0.15, 0.2) is 4.80 Å². The number of thiazole rings is 1. The predicted octanol–water partition coefficient (Wildman–Crippen LogP) is 6.25. The molecule has 0 amide bonds. The van der Waals surface area contributed by atoms with Crippen molar-refractivity contribution < 1.29 is 19.0 Å². The fourth-order valence-corrected chi connectivity index (χ4v) is 7.98. The van der Waals surface area contributed by atoms with Gasteiger partial charge in [-0.25, -0.2) is 9.79 Å². The summed E-state index contributed by atoms with van der Waals surface area (Å²) in [5, 5.41) is 0.656. The molecule has 0 bridgehead atoms. The highest BCUT2D eigenvalue weighted by Crippen LogP contribution is 2.33. The van der Waals surface area contributed by atoms with Crippen molar-refractivity contribution >= 4 is 80.2 Å². The van der Waals surface area contributed by atoms with Crippen molar-refractivity contribution in [3.63, 3.8) is 0 Å². The van der Waals surface area contributed by atoms with E-state index in [0.717, 1.165) is 29.6 Å². The minimum Gasteiger partial charge on any atom is -0.497 e. The predicted molar refractivity (Wildman–Crippen MR) is 181 cm³/mol. The topological polar surface area (TPSA) is 79.1 Å². The van der Waals surface area contributed by atoms with Crippen LogP contribution in [0.4, 0.5) is 0 Å². The van der Waals surface area contributed by atoms with E-state index in [1.165, 1.54) is 11.3 Å². The Bertz CT molecular complexity index is 1860. The van der Waals surface area contributed by atoms with Crippen LogP contribution in [0.3, 0.4) is 0 Å². The van der Waals surface area contributed by atoms with Gasteiger partial charge in [-0.05, 0) is 107 Å². The number of allylic oxidation sites excluding steroid dienone is 1. The average molecular weight is 827 g/mol. The molecule has 0 fully saturated rings. The SMILES string of the molecule is CCOC(=O)C1=C(C)N=c2s/c(=C/c3cc(I)c(OCc4ccccc4Cl)c(I)c3)c(=O)n2[C@@H]1c1ccc(OC)cc1. The molecule has 0 spiro atoms. The van der Waals surface area contributed by atoms with E-state index >= 15 is 0 Å². The van der Waals surface area contributed by atoms with Crippen molar-refractivity contribution in [2.45, 2.75) is 26.5 Å². The number of carbonyl (C=O) groups is 1. The molecule has 4 aromatic rings. The van der Waals surface area contributed by atoms with Crippen LogP contribution < -0.4 is 24.4 Å². The molecule has 1 aliphatic rings. The van der Waals surface area contributed by atoms with Crippen molar-refractivity contribution in [1.82, 2.24) is 4.57 Å². The molecule has 0 N–H and O–H groups in total. The maximum atomic E-state index is 13.9. The normalized spacial score (nSPS) is 14.8. The lowest BCUT2D eigenvalue weighted by atomic mass is 9.96. The second-order valence-corrected chi connectivity index (χ2v) is 13.0. The third kappa shape index (κ3) is 6.31. The summed E-state index contributed by atoms with van der Waals surface area (Å²) in [5.41, 5.74) is 3.13. The largest absolute Gasteiger partial charge is 0.497 e. The molecule has 7 nitrogen and oxygen atoms in total. The minimum absolute atomic E-state index is 0.213. The number of fused-ring (bicyclic) bond motifs is 1. The number of nitrogens with zero attached hydrogens (tertiary/aromatic N) is 2. The number of carbonyl (C=O) groups excluding carboxylic acids is 1. The van der Waals surface area contributed by atoms with Gasteiger partial charge in [-0.15, -0.1) is 0 Å². The van der Waals surface area contributed by atoms with Crippen molar-refractivity contribution in [2.24, 2.45) is 4.99 Å². The zero-order valence-corrected chi connectivity index (χ0v) is 28.7. The van der Waals surface area contributed by atoms with E-state index in [9.17, 15) is 9.59 Å². The number of aromatic nitrogens is 1. The van der Waals surface area contributed by atoms with Crippen LogP contribution in [0.15, 0.2) is 81.7 Å². The van der Waals surface area contributed by atoms with Crippen LogP contribution in [-0.4, -0.2) is 24.3 Å². The van der Waals surface area contributed by atoms with Gasteiger partial charge >= 0.3 is 5.97 Å². The van der Waals surface area contributed by atoms with Crippen molar-refractivity contribution in [3.8, 4) is 11.5 Å². The second kappa shape index (κ2) is 13.3. The van der Waals surface area contributed by atoms with Gasteiger partial charge in [-0.3, -0.25) is 9.36 Å². The summed E-state index contributed by atoms with van der Waals surface area (Å²) in [6, 6.07) is 18.2. The standard InChI is InChI=1S/C31H25ClI2N2O5S/c1-4-40-30(38)26-17(2)35-31-36(27(26)19-9-11-21(39-3)12-10-19)29(37)25(42-31)15-18-13-23(33)28(24(34)14-18)41-16-20-7-5-6-8-22(20)32/h5-15,27H,4,16H2,1-3H3/b25-15+/t27-/m1/s1. The molecule has 1 aromatic heterocycles. The number of halogens is 3. The molecule has 1 aliphatic heterocycles. The van der Waals surface area contributed by atoms with Crippen LogP contribution in [0.2, 0.25) is 5.02 Å². The zero-order chi connectivity index (χ0) is 30.0. The molecular formula is C31H25ClI2N2O5S. The zero-order valence-electron chi connectivity index (χ0n) is 22.8. The number of esters is 1. The molecule has 0 unspecified atom stereocenters. The quantitative estimate of drug-likeness (QED) is 0.155. The number of benzene rings is 3. The number of methoxy groups -OCH3 is 1. The van der Waals surface area contributed by atoms with E-state index in [4.69, 9.17) is 25.8 Å². The van der Waals surface area contributed by atoms with Crippen LogP contribution in [0, 0.1) is 7.14 Å². The van der Waals surface area contributed by atoms with E-state index in [-0.39, 0.29) is 12.2 Å². The highest BCUT2D eigenvalue weighted by atomic mass is 127. The summed E-state index contributed by atoms with van der Waals surface area (Å²) in [4.78, 5) is 32.2. The summed E-state index contributed by atoms with van der Waals surface area (Å²) in [6.45, 7) is 4.08. The summed E-state index contributed by atoms with van der Waals surface area (Å²) < 4.78 is 20.7. The van der Waals surface area contributed by atoms with Gasteiger partial charge in [-0.1, -0.05) is 53.3 Å². The van der Waals surface area contributed by atoms with E-state index in [1.807, 2.05) is 66.7 Å². The fraction of sp³-hybridized carbons (Fsp3) is 0.194. The maximum Gasteiger partial charge on any atom is 0.338 e. The summed E-state index contributed by atoms with van der Waals surface area (Å²) in [6.07, 6.45) is 1.85. The fourth-order valence-electron chi connectivity index (χ4n) is 4.61. The molecule has 1 atom stereocenters. The average Bonchev–Trinajstić information content (AvgIpc) is 3.26. The van der Waals surface area contributed by atoms with E-state index in [1.54, 1.807) is 25.5 Å². The lowest BCUT2D eigenvalue weighted by Gasteiger charge is -2.24. The van der Waals surface area contributed by atoms with E-state index in [2.05, 4.69) is 50.2 Å². The molecule has 0 radical (unpaired) electrons. The van der Waals surface area contributed by atoms with Gasteiger partial charge in [-0.2, -0.15) is 0 Å². The van der Waals surface area contributed by atoms with Crippen molar-refractivity contribution in [1.29, 1.82) is 0 Å². The molecular weight excluding hydrogens is 802 g/mol. The number of hydrogen-bond acceptors (Lipinski definition) is 7. The minimum atomic E-state index is -0.686. The molecule has 0 saturated carbocycles. The molecule has 2 heterocycles. The Morgan fingerprint density at radius 2 is 1.81 bits per heavy atom. The Kier molecular flexibility index (Phi) is 9.75. The van der Waals surface area contributed by atoms with Crippen LogP contribution in [-0.2, 0) is 16.1 Å². The van der Waals surface area contributed by atoms with E-state index < -0.39 is 12.0 Å². The Morgan fingerprint density at radius 1 is 1.12 bits per heavy atom. The molecule has 5 rings (SSSR count). The van der Waals surface area contributed by atoms with Gasteiger partial charge in [0.25, 0.3) is 5.56 Å². The summed E-state index contributed by atoms with van der Waals surface area (Å²) >= 11 is 12.1. The first-order valence-electron chi connectivity index (χ1n) is 12.9. The highest BCUT2D eigenvalue weighted by Gasteiger charge is 2.33. The van der Waals surface area contributed by atoms with Gasteiger partial charge in [0, 0.05) is 10.6 Å². The summed E-state index contributed by atoms with van der Waals surface area (Å²) in [7, 11) is 1.59. The van der Waals surface area contributed by atoms with Crippen LogP contribution in [0.1, 0.15) is 36.6 Å². The summed E-state index contributed by atoms with van der Waals surface area (Å²) in [5.74, 6) is 0.933. The van der Waals surface area contributed by atoms with Crippen LogP contribution in [0.5, 0.6) is 11.5 Å². The van der Waals surface area contributed by atoms with Crippen LogP contribution >= 0.6 is 68.1 Å².